The molecule has 0 aliphatic rings. The fraction of sp³-hybridized carbons (Fsp3) is 0.417. The number of ether oxygens (including phenoxy) is 2. The van der Waals surface area contributed by atoms with Crippen LogP contribution in [0.1, 0.15) is 10.4 Å². The maximum absolute atomic E-state index is 11.9. The van der Waals surface area contributed by atoms with E-state index >= 15 is 0 Å². The molecular formula is C12H18N2O5S. The van der Waals surface area contributed by atoms with Gasteiger partial charge in [0, 0.05) is 18.7 Å². The van der Waals surface area contributed by atoms with Gasteiger partial charge in [-0.1, -0.05) is 0 Å². The maximum Gasteiger partial charge on any atom is 0.251 e. The number of hydrogen-bond acceptors (Lipinski definition) is 5. The lowest BCUT2D eigenvalue weighted by Gasteiger charge is -2.10. The quantitative estimate of drug-likeness (QED) is 0.691. The molecule has 1 rings (SSSR count). The van der Waals surface area contributed by atoms with Gasteiger partial charge >= 0.3 is 0 Å². The number of sulfonamides is 1. The minimum absolute atomic E-state index is 0.137. The number of amides is 1. The number of benzene rings is 1. The Balaban J connectivity index is 2.60. The average Bonchev–Trinajstić information content (AvgIpc) is 2.41. The van der Waals surface area contributed by atoms with E-state index in [0.717, 1.165) is 6.26 Å². The van der Waals surface area contributed by atoms with E-state index in [-0.39, 0.29) is 19.0 Å². The van der Waals surface area contributed by atoms with Gasteiger partial charge in [-0.05, 0) is 18.2 Å². The standard InChI is InChI=1S/C12H18N2O5S/c1-18-10-5-4-9(8-11(10)19-2)12(15)13-6-7-14-20(3,16)17/h4-5,8,14H,6-7H2,1-3H3,(H,13,15). The van der Waals surface area contributed by atoms with Crippen molar-refractivity contribution < 1.29 is 22.7 Å². The monoisotopic (exact) mass is 302 g/mol. The third-order valence-electron chi connectivity index (χ3n) is 2.42. The summed E-state index contributed by atoms with van der Waals surface area (Å²) in [5, 5.41) is 2.60. The Morgan fingerprint density at radius 3 is 2.35 bits per heavy atom. The summed E-state index contributed by atoms with van der Waals surface area (Å²) in [6.07, 6.45) is 1.06. The second kappa shape index (κ2) is 7.11. The first-order valence-electron chi connectivity index (χ1n) is 5.82. The maximum atomic E-state index is 11.9. The molecule has 7 nitrogen and oxygen atoms in total. The second-order valence-electron chi connectivity index (χ2n) is 3.99. The predicted molar refractivity (Wildman–Crippen MR) is 74.7 cm³/mol. The summed E-state index contributed by atoms with van der Waals surface area (Å²) >= 11 is 0. The van der Waals surface area contributed by atoms with Crippen LogP contribution in [0.5, 0.6) is 11.5 Å². The topological polar surface area (TPSA) is 93.7 Å². The first-order chi connectivity index (χ1) is 9.37. The Morgan fingerprint density at radius 2 is 1.80 bits per heavy atom. The molecule has 1 amide bonds. The van der Waals surface area contributed by atoms with Crippen molar-refractivity contribution in [2.24, 2.45) is 0 Å². The van der Waals surface area contributed by atoms with Crippen molar-refractivity contribution in [1.82, 2.24) is 10.0 Å². The van der Waals surface area contributed by atoms with E-state index in [2.05, 4.69) is 10.0 Å². The number of carbonyl (C=O) groups excluding carboxylic acids is 1. The van der Waals surface area contributed by atoms with Gasteiger partial charge in [-0.2, -0.15) is 0 Å². The average molecular weight is 302 g/mol. The molecule has 0 fully saturated rings. The molecule has 0 aliphatic heterocycles. The van der Waals surface area contributed by atoms with Crippen molar-refractivity contribution >= 4 is 15.9 Å². The Labute approximate surface area is 118 Å². The van der Waals surface area contributed by atoms with Crippen molar-refractivity contribution in [2.75, 3.05) is 33.6 Å². The van der Waals surface area contributed by atoms with Crippen LogP contribution in [0.2, 0.25) is 0 Å². The highest BCUT2D eigenvalue weighted by atomic mass is 32.2. The Hall–Kier alpha value is -1.80. The molecule has 0 saturated heterocycles. The van der Waals surface area contributed by atoms with Crippen LogP contribution in [0.15, 0.2) is 18.2 Å². The molecule has 0 atom stereocenters. The summed E-state index contributed by atoms with van der Waals surface area (Å²) in [4.78, 5) is 11.9. The summed E-state index contributed by atoms with van der Waals surface area (Å²) in [6.45, 7) is 0.331. The summed E-state index contributed by atoms with van der Waals surface area (Å²) in [6, 6.07) is 4.78. The van der Waals surface area contributed by atoms with E-state index in [4.69, 9.17) is 9.47 Å². The molecule has 0 aromatic heterocycles. The van der Waals surface area contributed by atoms with Gasteiger partial charge in [0.15, 0.2) is 11.5 Å². The molecule has 1 aromatic rings. The van der Waals surface area contributed by atoms with E-state index in [1.807, 2.05) is 0 Å². The zero-order valence-electron chi connectivity index (χ0n) is 11.6. The minimum Gasteiger partial charge on any atom is -0.493 e. The van der Waals surface area contributed by atoms with Crippen LogP contribution >= 0.6 is 0 Å². The van der Waals surface area contributed by atoms with Gasteiger partial charge in [0.05, 0.1) is 20.5 Å². The van der Waals surface area contributed by atoms with Gasteiger partial charge in [-0.15, -0.1) is 0 Å². The number of nitrogens with one attached hydrogen (secondary N) is 2. The lowest BCUT2D eigenvalue weighted by atomic mass is 10.2. The lowest BCUT2D eigenvalue weighted by molar-refractivity contribution is 0.0954. The SMILES string of the molecule is COc1ccc(C(=O)NCCNS(C)(=O)=O)cc1OC. The third kappa shape index (κ3) is 5.06. The summed E-state index contributed by atoms with van der Waals surface area (Å²) in [5.41, 5.74) is 0.405. The Kier molecular flexibility index (Phi) is 5.78. The van der Waals surface area contributed by atoms with E-state index in [9.17, 15) is 13.2 Å². The van der Waals surface area contributed by atoms with Gasteiger partial charge in [0.1, 0.15) is 0 Å². The highest BCUT2D eigenvalue weighted by Crippen LogP contribution is 2.27. The first-order valence-corrected chi connectivity index (χ1v) is 7.71. The molecule has 0 spiro atoms. The normalized spacial score (nSPS) is 10.9. The molecular weight excluding hydrogens is 284 g/mol. The molecule has 112 valence electrons. The molecule has 20 heavy (non-hydrogen) atoms. The minimum atomic E-state index is -3.24. The lowest BCUT2D eigenvalue weighted by Crippen LogP contribution is -2.34. The van der Waals surface area contributed by atoms with E-state index < -0.39 is 10.0 Å². The van der Waals surface area contributed by atoms with Gasteiger partial charge in [0.25, 0.3) is 5.91 Å². The molecule has 0 bridgehead atoms. The number of carbonyl (C=O) groups is 1. The molecule has 0 unspecified atom stereocenters. The van der Waals surface area contributed by atoms with Crippen LogP contribution < -0.4 is 19.5 Å². The van der Waals surface area contributed by atoms with Crippen molar-refractivity contribution in [3.8, 4) is 11.5 Å². The Bertz CT molecular complexity index is 571. The van der Waals surface area contributed by atoms with E-state index in [1.54, 1.807) is 18.2 Å². The van der Waals surface area contributed by atoms with Crippen LogP contribution in [0.3, 0.4) is 0 Å². The summed E-state index contributed by atoms with van der Waals surface area (Å²) < 4.78 is 34.1. The molecule has 0 saturated carbocycles. The predicted octanol–water partition coefficient (Wildman–Crippen LogP) is -0.0172. The van der Waals surface area contributed by atoms with Crippen LogP contribution in [0.4, 0.5) is 0 Å². The number of hydrogen-bond donors (Lipinski definition) is 2. The van der Waals surface area contributed by atoms with Gasteiger partial charge < -0.3 is 14.8 Å². The van der Waals surface area contributed by atoms with Crippen molar-refractivity contribution in [2.45, 2.75) is 0 Å². The van der Waals surface area contributed by atoms with Gasteiger partial charge in [0.2, 0.25) is 10.0 Å². The number of methoxy groups -OCH3 is 2. The smallest absolute Gasteiger partial charge is 0.251 e. The fourth-order valence-corrected chi connectivity index (χ4v) is 1.96. The second-order valence-corrected chi connectivity index (χ2v) is 5.83. The third-order valence-corrected chi connectivity index (χ3v) is 3.15. The van der Waals surface area contributed by atoms with Crippen LogP contribution in [0, 0.1) is 0 Å². The fourth-order valence-electron chi connectivity index (χ4n) is 1.49. The molecule has 2 N–H and O–H groups in total. The van der Waals surface area contributed by atoms with Crippen LogP contribution in [0.25, 0.3) is 0 Å². The summed E-state index contributed by atoms with van der Waals surface area (Å²) in [7, 11) is -0.254. The first kappa shape index (κ1) is 16.3. The van der Waals surface area contributed by atoms with E-state index in [1.165, 1.54) is 14.2 Å². The van der Waals surface area contributed by atoms with Gasteiger partial charge in [-0.3, -0.25) is 4.79 Å². The molecule has 0 heterocycles. The van der Waals surface area contributed by atoms with Crippen LogP contribution in [-0.2, 0) is 10.0 Å². The molecule has 0 aliphatic carbocycles. The number of rotatable bonds is 7. The highest BCUT2D eigenvalue weighted by molar-refractivity contribution is 7.88. The van der Waals surface area contributed by atoms with Gasteiger partial charge in [-0.25, -0.2) is 13.1 Å². The summed E-state index contributed by atoms with van der Waals surface area (Å²) in [5.74, 6) is 0.665. The van der Waals surface area contributed by atoms with Crippen molar-refractivity contribution in [3.63, 3.8) is 0 Å². The zero-order chi connectivity index (χ0) is 15.2. The zero-order valence-corrected chi connectivity index (χ0v) is 12.4. The Morgan fingerprint density at radius 1 is 1.15 bits per heavy atom. The highest BCUT2D eigenvalue weighted by Gasteiger charge is 2.10. The van der Waals surface area contributed by atoms with Crippen molar-refractivity contribution in [3.05, 3.63) is 23.8 Å². The largest absolute Gasteiger partial charge is 0.493 e. The molecule has 1 aromatic carbocycles. The van der Waals surface area contributed by atoms with E-state index in [0.29, 0.717) is 17.1 Å². The molecule has 8 heteroatoms. The van der Waals surface area contributed by atoms with Crippen molar-refractivity contribution in [1.29, 1.82) is 0 Å². The molecule has 0 radical (unpaired) electrons. The van der Waals surface area contributed by atoms with Crippen LogP contribution in [-0.4, -0.2) is 47.9 Å².